The van der Waals surface area contributed by atoms with E-state index in [0.717, 1.165) is 37.1 Å². The number of benzene rings is 1. The number of anilines is 1. The lowest BCUT2D eigenvalue weighted by atomic mass is 10.3. The second-order valence-corrected chi connectivity index (χ2v) is 7.46. The van der Waals surface area contributed by atoms with Gasteiger partial charge in [0.25, 0.3) is 0 Å². The Hall–Kier alpha value is -2.56. The van der Waals surface area contributed by atoms with Gasteiger partial charge in [0.15, 0.2) is 11.8 Å². The van der Waals surface area contributed by atoms with Crippen molar-refractivity contribution in [1.29, 1.82) is 0 Å². The molecule has 0 aliphatic heterocycles. The molecule has 31 heavy (non-hydrogen) atoms. The van der Waals surface area contributed by atoms with Crippen LogP contribution in [0, 0.1) is 6.92 Å². The quantitative estimate of drug-likeness (QED) is 0.191. The minimum atomic E-state index is 0. The molecule has 0 radical (unpaired) electrons. The molecule has 0 bridgehead atoms. The molecule has 0 saturated heterocycles. The van der Waals surface area contributed by atoms with Crippen molar-refractivity contribution in [3.8, 4) is 0 Å². The number of rotatable bonds is 9. The Morgan fingerprint density at radius 2 is 1.87 bits per heavy atom. The molecule has 168 valence electrons. The van der Waals surface area contributed by atoms with Crippen LogP contribution in [0.15, 0.2) is 53.8 Å². The number of aryl methyl sites for hydroxylation is 2. The molecule has 2 aromatic heterocycles. The normalized spacial score (nSPS) is 11.2. The standard InChI is InChI=1S/C22H32N8.HI/c1-18-26-27-21(30(18)4)16-25-22(24-15-19-11-14-28(2)17-19)23-12-8-13-29(3)20-9-6-5-7-10-20;/h5-7,9-11,14,17H,8,12-13,15-16H2,1-4H3,(H2,23,24,25);1H. The second-order valence-electron chi connectivity index (χ2n) is 7.46. The summed E-state index contributed by atoms with van der Waals surface area (Å²) in [5.74, 6) is 2.55. The third-order valence-corrected chi connectivity index (χ3v) is 5.07. The van der Waals surface area contributed by atoms with Gasteiger partial charge in [0, 0.05) is 52.3 Å². The molecule has 2 N–H and O–H groups in total. The fourth-order valence-electron chi connectivity index (χ4n) is 3.10. The van der Waals surface area contributed by atoms with Gasteiger partial charge in [-0.2, -0.15) is 0 Å². The van der Waals surface area contributed by atoms with Crippen LogP contribution in [-0.2, 0) is 27.2 Å². The molecule has 9 heteroatoms. The van der Waals surface area contributed by atoms with E-state index >= 15 is 0 Å². The van der Waals surface area contributed by atoms with Crippen molar-refractivity contribution in [2.24, 2.45) is 19.1 Å². The van der Waals surface area contributed by atoms with E-state index in [1.807, 2.05) is 42.4 Å². The molecule has 0 unspecified atom stereocenters. The molecule has 3 rings (SSSR count). The number of aliphatic imine (C=N–C) groups is 1. The Balaban J connectivity index is 0.00000341. The Labute approximate surface area is 201 Å². The van der Waals surface area contributed by atoms with Crippen molar-refractivity contribution in [3.63, 3.8) is 0 Å². The molecule has 0 spiro atoms. The zero-order chi connectivity index (χ0) is 21.3. The van der Waals surface area contributed by atoms with Crippen LogP contribution in [0.1, 0.15) is 23.6 Å². The molecule has 2 heterocycles. The van der Waals surface area contributed by atoms with Crippen LogP contribution in [0.25, 0.3) is 0 Å². The average molecular weight is 536 g/mol. The molecule has 1 aromatic carbocycles. The molecule has 3 aromatic rings. The maximum atomic E-state index is 4.74. The van der Waals surface area contributed by atoms with E-state index in [2.05, 4.69) is 69.3 Å². The van der Waals surface area contributed by atoms with Crippen LogP contribution < -0.4 is 15.5 Å². The number of hydrogen-bond acceptors (Lipinski definition) is 4. The first kappa shape index (κ1) is 24.7. The number of nitrogens with zero attached hydrogens (tertiary/aromatic N) is 6. The molecule has 0 aliphatic carbocycles. The Morgan fingerprint density at radius 1 is 1.10 bits per heavy atom. The monoisotopic (exact) mass is 536 g/mol. The summed E-state index contributed by atoms with van der Waals surface area (Å²) in [6, 6.07) is 12.5. The number of guanidine groups is 1. The van der Waals surface area contributed by atoms with E-state index in [0.29, 0.717) is 13.1 Å². The summed E-state index contributed by atoms with van der Waals surface area (Å²) in [7, 11) is 6.11. The lowest BCUT2D eigenvalue weighted by molar-refractivity contribution is 0.697. The molecular weight excluding hydrogens is 503 g/mol. The molecular formula is C22H33IN8. The van der Waals surface area contributed by atoms with Gasteiger partial charge in [-0.25, -0.2) is 4.99 Å². The van der Waals surface area contributed by atoms with Crippen molar-refractivity contribution >= 4 is 35.6 Å². The average Bonchev–Trinajstić information content (AvgIpc) is 3.32. The Kier molecular flexibility index (Phi) is 9.83. The first-order valence-electron chi connectivity index (χ1n) is 10.3. The Morgan fingerprint density at radius 3 is 2.52 bits per heavy atom. The summed E-state index contributed by atoms with van der Waals surface area (Å²) < 4.78 is 4.02. The molecule has 0 saturated carbocycles. The van der Waals surface area contributed by atoms with Crippen molar-refractivity contribution < 1.29 is 0 Å². The van der Waals surface area contributed by atoms with Crippen molar-refractivity contribution in [1.82, 2.24) is 30.0 Å². The van der Waals surface area contributed by atoms with Gasteiger partial charge >= 0.3 is 0 Å². The fourth-order valence-corrected chi connectivity index (χ4v) is 3.10. The highest BCUT2D eigenvalue weighted by atomic mass is 127. The minimum absolute atomic E-state index is 0. The predicted molar refractivity (Wildman–Crippen MR) is 137 cm³/mol. The van der Waals surface area contributed by atoms with Crippen molar-refractivity contribution in [2.45, 2.75) is 26.4 Å². The van der Waals surface area contributed by atoms with Gasteiger partial charge in [0.1, 0.15) is 5.82 Å². The summed E-state index contributed by atoms with van der Waals surface area (Å²) in [4.78, 5) is 7.01. The molecule has 0 fully saturated rings. The summed E-state index contributed by atoms with van der Waals surface area (Å²) in [6.45, 7) is 4.93. The molecule has 8 nitrogen and oxygen atoms in total. The van der Waals surface area contributed by atoms with E-state index in [1.165, 1.54) is 11.3 Å². The summed E-state index contributed by atoms with van der Waals surface area (Å²) in [6.07, 6.45) is 5.12. The minimum Gasteiger partial charge on any atom is -0.375 e. The zero-order valence-electron chi connectivity index (χ0n) is 18.7. The summed E-state index contributed by atoms with van der Waals surface area (Å²) in [5.41, 5.74) is 2.41. The smallest absolute Gasteiger partial charge is 0.191 e. The van der Waals surface area contributed by atoms with E-state index < -0.39 is 0 Å². The molecule has 0 aliphatic rings. The van der Waals surface area contributed by atoms with Crippen LogP contribution in [0.2, 0.25) is 0 Å². The zero-order valence-corrected chi connectivity index (χ0v) is 21.1. The number of aromatic nitrogens is 4. The highest BCUT2D eigenvalue weighted by Crippen LogP contribution is 2.10. The van der Waals surface area contributed by atoms with E-state index in [1.54, 1.807) is 0 Å². The Bertz CT molecular complexity index is 948. The molecule has 0 amide bonds. The molecule has 0 atom stereocenters. The van der Waals surface area contributed by atoms with Gasteiger partial charge in [-0.05, 0) is 37.1 Å². The summed E-state index contributed by atoms with van der Waals surface area (Å²) >= 11 is 0. The van der Waals surface area contributed by atoms with Gasteiger partial charge in [-0.3, -0.25) is 0 Å². The van der Waals surface area contributed by atoms with Crippen LogP contribution in [-0.4, -0.2) is 45.4 Å². The summed E-state index contributed by atoms with van der Waals surface area (Å²) in [5, 5.41) is 15.2. The highest BCUT2D eigenvalue weighted by molar-refractivity contribution is 14.0. The second kappa shape index (κ2) is 12.3. The van der Waals surface area contributed by atoms with Gasteiger partial charge in [0.2, 0.25) is 0 Å². The van der Waals surface area contributed by atoms with Gasteiger partial charge in [-0.1, -0.05) is 18.2 Å². The number of nitrogens with one attached hydrogen (secondary N) is 2. The first-order valence-corrected chi connectivity index (χ1v) is 10.3. The van der Waals surface area contributed by atoms with E-state index in [9.17, 15) is 0 Å². The van der Waals surface area contributed by atoms with Gasteiger partial charge in [-0.15, -0.1) is 34.2 Å². The van der Waals surface area contributed by atoms with Crippen LogP contribution in [0.3, 0.4) is 0 Å². The van der Waals surface area contributed by atoms with Gasteiger partial charge in [0.05, 0.1) is 13.1 Å². The van der Waals surface area contributed by atoms with Crippen LogP contribution >= 0.6 is 24.0 Å². The van der Waals surface area contributed by atoms with E-state index in [-0.39, 0.29) is 24.0 Å². The van der Waals surface area contributed by atoms with Gasteiger partial charge < -0.3 is 24.7 Å². The van der Waals surface area contributed by atoms with Crippen molar-refractivity contribution in [3.05, 3.63) is 66.0 Å². The lowest BCUT2D eigenvalue weighted by Gasteiger charge is -2.19. The number of para-hydroxylation sites is 1. The third kappa shape index (κ3) is 7.57. The number of halogens is 1. The largest absolute Gasteiger partial charge is 0.375 e. The lowest BCUT2D eigenvalue weighted by Crippen LogP contribution is -2.39. The topological polar surface area (TPSA) is 75.3 Å². The predicted octanol–water partition coefficient (Wildman–Crippen LogP) is 2.84. The van der Waals surface area contributed by atoms with Crippen LogP contribution in [0.5, 0.6) is 0 Å². The maximum Gasteiger partial charge on any atom is 0.191 e. The van der Waals surface area contributed by atoms with Crippen LogP contribution in [0.4, 0.5) is 5.69 Å². The highest BCUT2D eigenvalue weighted by Gasteiger charge is 2.07. The fraction of sp³-hybridized carbons (Fsp3) is 0.409. The third-order valence-electron chi connectivity index (χ3n) is 5.07. The SMILES string of the molecule is Cc1nnc(CNC(=NCc2ccn(C)c2)NCCCN(C)c2ccccc2)n1C.I. The number of hydrogen-bond donors (Lipinski definition) is 2. The van der Waals surface area contributed by atoms with Crippen molar-refractivity contribution in [2.75, 3.05) is 25.0 Å². The maximum absolute atomic E-state index is 4.74. The first-order chi connectivity index (χ1) is 14.5. The van der Waals surface area contributed by atoms with E-state index in [4.69, 9.17) is 4.99 Å².